The number of rotatable bonds is 1. The number of epoxide rings is 3. The Kier molecular flexibility index (Phi) is 2.03. The molecule has 0 aromatic heterocycles. The largest absolute Gasteiger partial charge is 0.458 e. The standard InChI is InChI=1S/C20H24O5/c1-9(2)18-8-19-13(23-19)6-12-11-7-22-16(21)10(11)4-5-17(12,3)20(19)15(25-20)14(18)24-18/h9,12-15H,4-8H2,1-3H3/t12-,13-,14-,15-,17-,18-,19-,20+/m0/s1. The first-order chi connectivity index (χ1) is 11.9. The number of carbonyl (C=O) groups excluding carboxylic acids is 1. The number of esters is 1. The number of ether oxygens (including phenoxy) is 4. The highest BCUT2D eigenvalue weighted by atomic mass is 16.7. The van der Waals surface area contributed by atoms with Crippen molar-refractivity contribution < 1.29 is 23.7 Å². The van der Waals surface area contributed by atoms with Gasteiger partial charge in [-0.1, -0.05) is 20.8 Å². The summed E-state index contributed by atoms with van der Waals surface area (Å²) in [5.41, 5.74) is 1.81. The van der Waals surface area contributed by atoms with Crippen LogP contribution in [-0.4, -0.2) is 47.7 Å². The third-order valence-electron chi connectivity index (χ3n) is 9.04. The number of cyclic esters (lactones) is 1. The van der Waals surface area contributed by atoms with Crippen molar-refractivity contribution in [3.8, 4) is 0 Å². The number of carbonyl (C=O) groups is 1. The molecular formula is C20H24O5. The maximum absolute atomic E-state index is 12.1. The quantitative estimate of drug-likeness (QED) is 0.539. The number of hydrogen-bond donors (Lipinski definition) is 0. The van der Waals surface area contributed by atoms with Crippen molar-refractivity contribution in [2.24, 2.45) is 17.3 Å². The van der Waals surface area contributed by atoms with Crippen LogP contribution in [0.15, 0.2) is 11.1 Å². The van der Waals surface area contributed by atoms with E-state index >= 15 is 0 Å². The lowest BCUT2D eigenvalue weighted by Gasteiger charge is -2.52. The molecule has 7 aliphatic rings. The Hall–Kier alpha value is -0.910. The predicted molar refractivity (Wildman–Crippen MR) is 85.7 cm³/mol. The summed E-state index contributed by atoms with van der Waals surface area (Å²) in [5, 5.41) is 0. The zero-order chi connectivity index (χ0) is 17.0. The monoisotopic (exact) mass is 344 g/mol. The second-order valence-electron chi connectivity index (χ2n) is 9.88. The zero-order valence-corrected chi connectivity index (χ0v) is 15.0. The summed E-state index contributed by atoms with van der Waals surface area (Å²) in [7, 11) is 0. The maximum Gasteiger partial charge on any atom is 0.334 e. The van der Waals surface area contributed by atoms with Crippen LogP contribution in [0.25, 0.3) is 0 Å². The summed E-state index contributed by atoms with van der Waals surface area (Å²) < 4.78 is 24.7. The SMILES string of the molecule is CC(C)[C@@]12C[C@]34O[C@H]3C[C@H]3C5=C(CC[C@]3(C)[C@@]43O[C@H]3[C@@H]1O2)C(=O)OC5. The maximum atomic E-state index is 12.1. The highest BCUT2D eigenvalue weighted by Gasteiger charge is 2.97. The van der Waals surface area contributed by atoms with Crippen LogP contribution in [0.5, 0.6) is 0 Å². The Morgan fingerprint density at radius 1 is 1.16 bits per heavy atom. The molecular weight excluding hydrogens is 320 g/mol. The summed E-state index contributed by atoms with van der Waals surface area (Å²) in [6, 6.07) is 0. The molecule has 4 heterocycles. The normalized spacial score (nSPS) is 62.2. The third kappa shape index (κ3) is 1.19. The van der Waals surface area contributed by atoms with Crippen LogP contribution in [0.1, 0.15) is 46.5 Å². The van der Waals surface area contributed by atoms with E-state index in [1.165, 1.54) is 5.57 Å². The van der Waals surface area contributed by atoms with Gasteiger partial charge in [0.05, 0.1) is 6.10 Å². The summed E-state index contributed by atoms with van der Waals surface area (Å²) in [4.78, 5) is 12.1. The Labute approximate surface area is 147 Å². The van der Waals surface area contributed by atoms with E-state index < -0.39 is 0 Å². The van der Waals surface area contributed by atoms with Crippen LogP contribution in [0.3, 0.4) is 0 Å². The third-order valence-corrected chi connectivity index (χ3v) is 9.04. The Morgan fingerprint density at radius 2 is 2.00 bits per heavy atom. The van der Waals surface area contributed by atoms with E-state index in [4.69, 9.17) is 18.9 Å². The van der Waals surface area contributed by atoms with Crippen molar-refractivity contribution in [3.05, 3.63) is 11.1 Å². The highest BCUT2D eigenvalue weighted by Crippen LogP contribution is 2.82. The van der Waals surface area contributed by atoms with Gasteiger partial charge in [0.25, 0.3) is 0 Å². The van der Waals surface area contributed by atoms with Gasteiger partial charge in [-0.25, -0.2) is 4.79 Å². The van der Waals surface area contributed by atoms with E-state index in [0.29, 0.717) is 18.4 Å². The van der Waals surface area contributed by atoms with Crippen molar-refractivity contribution in [3.63, 3.8) is 0 Å². The Bertz CT molecular complexity index is 787. The Morgan fingerprint density at radius 3 is 2.80 bits per heavy atom. The summed E-state index contributed by atoms with van der Waals surface area (Å²) in [6.45, 7) is 7.38. The van der Waals surface area contributed by atoms with E-state index in [2.05, 4.69) is 20.8 Å². The minimum absolute atomic E-state index is 0.0204. The van der Waals surface area contributed by atoms with Crippen LogP contribution in [0.2, 0.25) is 0 Å². The second-order valence-corrected chi connectivity index (χ2v) is 9.88. The van der Waals surface area contributed by atoms with Crippen molar-refractivity contribution in [1.29, 1.82) is 0 Å². The second kappa shape index (κ2) is 3.58. The molecule has 134 valence electrons. The molecule has 0 aromatic carbocycles. The van der Waals surface area contributed by atoms with Gasteiger partial charge in [-0.3, -0.25) is 0 Å². The van der Waals surface area contributed by atoms with Gasteiger partial charge in [0.2, 0.25) is 0 Å². The molecule has 0 N–H and O–H groups in total. The lowest BCUT2D eigenvalue weighted by atomic mass is 9.47. The fraction of sp³-hybridized carbons (Fsp3) is 0.850. The van der Waals surface area contributed by atoms with Crippen LogP contribution < -0.4 is 0 Å². The average Bonchev–Trinajstić information content (AvgIpc) is 3.45. The van der Waals surface area contributed by atoms with E-state index in [-0.39, 0.29) is 46.5 Å². The summed E-state index contributed by atoms with van der Waals surface area (Å²) in [5.74, 6) is 0.744. The molecule has 8 atom stereocenters. The molecule has 0 unspecified atom stereocenters. The van der Waals surface area contributed by atoms with Crippen LogP contribution >= 0.6 is 0 Å². The van der Waals surface area contributed by atoms with Crippen LogP contribution in [0.4, 0.5) is 0 Å². The summed E-state index contributed by atoms with van der Waals surface area (Å²) >= 11 is 0. The molecule has 4 aliphatic heterocycles. The predicted octanol–water partition coefficient (Wildman–Crippen LogP) is 2.13. The molecule has 25 heavy (non-hydrogen) atoms. The van der Waals surface area contributed by atoms with Gasteiger partial charge < -0.3 is 18.9 Å². The molecule has 3 aliphatic carbocycles. The molecule has 5 nitrogen and oxygen atoms in total. The van der Waals surface area contributed by atoms with Gasteiger partial charge in [-0.2, -0.15) is 0 Å². The lowest BCUT2D eigenvalue weighted by Crippen LogP contribution is -2.63. The molecule has 0 aromatic rings. The van der Waals surface area contributed by atoms with E-state index in [1.54, 1.807) is 0 Å². The molecule has 7 rings (SSSR count). The van der Waals surface area contributed by atoms with E-state index in [0.717, 1.165) is 31.3 Å². The van der Waals surface area contributed by atoms with Gasteiger partial charge in [-0.05, 0) is 36.7 Å². The highest BCUT2D eigenvalue weighted by molar-refractivity contribution is 5.92. The molecule has 3 saturated heterocycles. The van der Waals surface area contributed by atoms with E-state index in [1.807, 2.05) is 0 Å². The molecule has 0 bridgehead atoms. The first kappa shape index (κ1) is 14.2. The summed E-state index contributed by atoms with van der Waals surface area (Å²) in [6.07, 6.45) is 4.44. The first-order valence-electron chi connectivity index (χ1n) is 9.82. The smallest absolute Gasteiger partial charge is 0.334 e. The van der Waals surface area contributed by atoms with Crippen molar-refractivity contribution in [2.45, 2.75) is 81.6 Å². The van der Waals surface area contributed by atoms with Crippen molar-refractivity contribution in [1.82, 2.24) is 0 Å². The first-order valence-corrected chi connectivity index (χ1v) is 9.82. The average molecular weight is 344 g/mol. The topological polar surface area (TPSA) is 63.9 Å². The Balaban J connectivity index is 1.36. The zero-order valence-electron chi connectivity index (χ0n) is 15.0. The molecule has 5 heteroatoms. The van der Waals surface area contributed by atoms with Crippen LogP contribution in [-0.2, 0) is 23.7 Å². The van der Waals surface area contributed by atoms with E-state index in [9.17, 15) is 4.79 Å². The fourth-order valence-corrected chi connectivity index (χ4v) is 7.56. The minimum atomic E-state index is -0.211. The molecule has 0 radical (unpaired) electrons. The van der Waals surface area contributed by atoms with Gasteiger partial charge in [0.1, 0.15) is 35.6 Å². The van der Waals surface area contributed by atoms with Crippen molar-refractivity contribution in [2.75, 3.05) is 6.61 Å². The number of fused-ring (bicyclic) bond motifs is 4. The van der Waals surface area contributed by atoms with Gasteiger partial charge >= 0.3 is 5.97 Å². The molecule has 2 saturated carbocycles. The van der Waals surface area contributed by atoms with Crippen molar-refractivity contribution >= 4 is 5.97 Å². The van der Waals surface area contributed by atoms with Gasteiger partial charge in [0.15, 0.2) is 0 Å². The van der Waals surface area contributed by atoms with Gasteiger partial charge in [0, 0.05) is 17.4 Å². The number of hydrogen-bond acceptors (Lipinski definition) is 5. The molecule has 2 spiro atoms. The van der Waals surface area contributed by atoms with Crippen LogP contribution in [0, 0.1) is 17.3 Å². The minimum Gasteiger partial charge on any atom is -0.458 e. The molecule has 0 amide bonds. The van der Waals surface area contributed by atoms with Gasteiger partial charge in [-0.15, -0.1) is 0 Å². The fourth-order valence-electron chi connectivity index (χ4n) is 7.56. The molecule has 5 fully saturated rings. The lowest BCUT2D eigenvalue weighted by molar-refractivity contribution is -0.136.